The summed E-state index contributed by atoms with van der Waals surface area (Å²) in [5.74, 6) is -1.57. The van der Waals surface area contributed by atoms with Crippen molar-refractivity contribution in [2.45, 2.75) is 6.92 Å². The van der Waals surface area contributed by atoms with Gasteiger partial charge in [-0.3, -0.25) is 0 Å². The zero-order valence-corrected chi connectivity index (χ0v) is 11.1. The molecular weight excluding hydrogens is 277 g/mol. The average Bonchev–Trinajstić information content (AvgIpc) is 2.43. The van der Waals surface area contributed by atoms with Gasteiger partial charge in [-0.25, -0.2) is 19.0 Å². The van der Waals surface area contributed by atoms with Crippen molar-refractivity contribution in [3.8, 4) is 0 Å². The summed E-state index contributed by atoms with van der Waals surface area (Å²) in [5, 5.41) is 13.6. The van der Waals surface area contributed by atoms with Crippen LogP contribution in [0.15, 0.2) is 36.5 Å². The summed E-state index contributed by atoms with van der Waals surface area (Å²) in [5.41, 5.74) is 0.992. The SMILES string of the molecule is Cc1ccc(NC(=O)Nc2ccc(C(=O)O)nc2)cc1F. The van der Waals surface area contributed by atoms with Gasteiger partial charge in [0.2, 0.25) is 0 Å². The van der Waals surface area contributed by atoms with Crippen molar-refractivity contribution in [2.75, 3.05) is 10.6 Å². The van der Waals surface area contributed by atoms with Gasteiger partial charge in [0, 0.05) is 5.69 Å². The van der Waals surface area contributed by atoms with Gasteiger partial charge in [-0.05, 0) is 36.8 Å². The molecule has 0 saturated carbocycles. The predicted molar refractivity (Wildman–Crippen MR) is 75.0 cm³/mol. The number of rotatable bonds is 3. The van der Waals surface area contributed by atoms with E-state index in [0.717, 1.165) is 0 Å². The highest BCUT2D eigenvalue weighted by molar-refractivity contribution is 5.99. The largest absolute Gasteiger partial charge is 0.477 e. The number of nitrogens with one attached hydrogen (secondary N) is 2. The monoisotopic (exact) mass is 289 g/mol. The van der Waals surface area contributed by atoms with Crippen molar-refractivity contribution >= 4 is 23.4 Å². The van der Waals surface area contributed by atoms with Crippen molar-refractivity contribution in [2.24, 2.45) is 0 Å². The van der Waals surface area contributed by atoms with Gasteiger partial charge < -0.3 is 15.7 Å². The summed E-state index contributed by atoms with van der Waals surface area (Å²) in [7, 11) is 0. The fourth-order valence-electron chi connectivity index (χ4n) is 1.56. The van der Waals surface area contributed by atoms with Crippen molar-refractivity contribution < 1.29 is 19.1 Å². The van der Waals surface area contributed by atoms with Crippen molar-refractivity contribution in [1.29, 1.82) is 0 Å². The first-order valence-corrected chi connectivity index (χ1v) is 5.99. The molecule has 6 nitrogen and oxygen atoms in total. The molecule has 1 aromatic heterocycles. The molecule has 21 heavy (non-hydrogen) atoms. The Labute approximate surface area is 119 Å². The molecule has 1 aromatic carbocycles. The summed E-state index contributed by atoms with van der Waals surface area (Å²) < 4.78 is 13.3. The van der Waals surface area contributed by atoms with Crippen LogP contribution < -0.4 is 10.6 Å². The normalized spacial score (nSPS) is 10.0. The maximum absolute atomic E-state index is 13.3. The van der Waals surface area contributed by atoms with Crippen LogP contribution >= 0.6 is 0 Å². The van der Waals surface area contributed by atoms with Gasteiger partial charge in [0.25, 0.3) is 0 Å². The van der Waals surface area contributed by atoms with Gasteiger partial charge in [0.05, 0.1) is 11.9 Å². The number of aromatic nitrogens is 1. The van der Waals surface area contributed by atoms with E-state index < -0.39 is 17.8 Å². The van der Waals surface area contributed by atoms with Gasteiger partial charge in [-0.2, -0.15) is 0 Å². The highest BCUT2D eigenvalue weighted by atomic mass is 19.1. The van der Waals surface area contributed by atoms with Crippen LogP contribution in [0.25, 0.3) is 0 Å². The second-order valence-electron chi connectivity index (χ2n) is 4.28. The summed E-state index contributed by atoms with van der Waals surface area (Å²) in [6, 6.07) is 6.43. The Bertz CT molecular complexity index is 686. The molecule has 2 aromatic rings. The number of amides is 2. The molecule has 0 aliphatic carbocycles. The minimum Gasteiger partial charge on any atom is -0.477 e. The lowest BCUT2D eigenvalue weighted by Crippen LogP contribution is -2.19. The van der Waals surface area contributed by atoms with Crippen molar-refractivity contribution in [3.63, 3.8) is 0 Å². The molecule has 1 heterocycles. The molecule has 2 amide bonds. The van der Waals surface area contributed by atoms with Gasteiger partial charge >= 0.3 is 12.0 Å². The first-order chi connectivity index (χ1) is 9.95. The van der Waals surface area contributed by atoms with Crippen LogP contribution in [0.5, 0.6) is 0 Å². The maximum atomic E-state index is 13.3. The Balaban J connectivity index is 2.01. The number of carbonyl (C=O) groups is 2. The molecule has 108 valence electrons. The number of anilines is 2. The molecular formula is C14H12FN3O3. The van der Waals surface area contributed by atoms with E-state index in [0.29, 0.717) is 16.9 Å². The number of carboxylic acids is 1. The fraction of sp³-hybridized carbons (Fsp3) is 0.0714. The standard InChI is InChI=1S/C14H12FN3O3/c1-8-2-3-9(6-11(8)15)17-14(21)18-10-4-5-12(13(19)20)16-7-10/h2-7H,1H3,(H,19,20)(H2,17,18,21). The molecule has 0 fully saturated rings. The third-order valence-corrected chi connectivity index (χ3v) is 2.67. The number of benzene rings is 1. The highest BCUT2D eigenvalue weighted by Gasteiger charge is 2.07. The topological polar surface area (TPSA) is 91.3 Å². The first kappa shape index (κ1) is 14.4. The van der Waals surface area contributed by atoms with Crippen molar-refractivity contribution in [3.05, 3.63) is 53.6 Å². The van der Waals surface area contributed by atoms with E-state index in [1.165, 1.54) is 24.4 Å². The molecule has 0 unspecified atom stereocenters. The minimum atomic E-state index is -1.15. The van der Waals surface area contributed by atoms with Gasteiger partial charge in [0.15, 0.2) is 0 Å². The third kappa shape index (κ3) is 3.75. The number of nitrogens with zero attached hydrogens (tertiary/aromatic N) is 1. The Morgan fingerprint density at radius 2 is 1.81 bits per heavy atom. The van der Waals surface area contributed by atoms with E-state index in [4.69, 9.17) is 5.11 Å². The zero-order valence-electron chi connectivity index (χ0n) is 11.1. The molecule has 0 radical (unpaired) electrons. The van der Waals surface area contributed by atoms with Crippen LogP contribution in [-0.4, -0.2) is 22.1 Å². The van der Waals surface area contributed by atoms with Crippen LogP contribution in [-0.2, 0) is 0 Å². The Kier molecular flexibility index (Phi) is 4.13. The summed E-state index contributed by atoms with van der Waals surface area (Å²) in [6.45, 7) is 1.62. The van der Waals surface area contributed by atoms with E-state index in [1.807, 2.05) is 0 Å². The Morgan fingerprint density at radius 3 is 2.38 bits per heavy atom. The second kappa shape index (κ2) is 6.00. The highest BCUT2D eigenvalue weighted by Crippen LogP contribution is 2.14. The van der Waals surface area contributed by atoms with E-state index in [2.05, 4.69) is 15.6 Å². The number of pyridine rings is 1. The minimum absolute atomic E-state index is 0.124. The fourth-order valence-corrected chi connectivity index (χ4v) is 1.56. The molecule has 3 N–H and O–H groups in total. The molecule has 0 saturated heterocycles. The second-order valence-corrected chi connectivity index (χ2v) is 4.28. The number of halogens is 1. The van der Waals surface area contributed by atoms with Crippen LogP contribution in [0, 0.1) is 12.7 Å². The third-order valence-electron chi connectivity index (χ3n) is 2.67. The molecule has 0 aliphatic rings. The number of carbonyl (C=O) groups excluding carboxylic acids is 1. The first-order valence-electron chi connectivity index (χ1n) is 5.99. The smallest absolute Gasteiger partial charge is 0.354 e. The Morgan fingerprint density at radius 1 is 1.14 bits per heavy atom. The number of carboxylic acid groups (broad SMARTS) is 1. The predicted octanol–water partition coefficient (Wildman–Crippen LogP) is 2.87. The summed E-state index contributed by atoms with van der Waals surface area (Å²) in [4.78, 5) is 26.0. The quantitative estimate of drug-likeness (QED) is 0.810. The molecule has 0 spiro atoms. The Hall–Kier alpha value is -2.96. The summed E-state index contributed by atoms with van der Waals surface area (Å²) in [6.07, 6.45) is 1.22. The van der Waals surface area contributed by atoms with Crippen LogP contribution in [0.3, 0.4) is 0 Å². The average molecular weight is 289 g/mol. The van der Waals surface area contributed by atoms with E-state index in [1.54, 1.807) is 19.1 Å². The lowest BCUT2D eigenvalue weighted by atomic mass is 10.2. The summed E-state index contributed by atoms with van der Waals surface area (Å²) >= 11 is 0. The number of hydrogen-bond donors (Lipinski definition) is 3. The van der Waals surface area contributed by atoms with Crippen LogP contribution in [0.4, 0.5) is 20.6 Å². The molecule has 0 bridgehead atoms. The molecule has 0 aliphatic heterocycles. The van der Waals surface area contributed by atoms with E-state index in [9.17, 15) is 14.0 Å². The lowest BCUT2D eigenvalue weighted by Gasteiger charge is -2.08. The number of hydrogen-bond acceptors (Lipinski definition) is 3. The van der Waals surface area contributed by atoms with Crippen LogP contribution in [0.2, 0.25) is 0 Å². The zero-order chi connectivity index (χ0) is 15.4. The van der Waals surface area contributed by atoms with Gasteiger partial charge in [-0.15, -0.1) is 0 Å². The number of aryl methyl sites for hydroxylation is 1. The van der Waals surface area contributed by atoms with Gasteiger partial charge in [-0.1, -0.05) is 6.07 Å². The van der Waals surface area contributed by atoms with Gasteiger partial charge in [0.1, 0.15) is 11.5 Å². The maximum Gasteiger partial charge on any atom is 0.354 e. The van der Waals surface area contributed by atoms with Crippen molar-refractivity contribution in [1.82, 2.24) is 4.98 Å². The molecule has 7 heteroatoms. The molecule has 0 atom stereocenters. The van der Waals surface area contributed by atoms with Crippen LogP contribution in [0.1, 0.15) is 16.1 Å². The number of urea groups is 1. The lowest BCUT2D eigenvalue weighted by molar-refractivity contribution is 0.0690. The molecule has 2 rings (SSSR count). The van der Waals surface area contributed by atoms with E-state index >= 15 is 0 Å². The van der Waals surface area contributed by atoms with E-state index in [-0.39, 0.29) is 5.69 Å². The number of aromatic carboxylic acids is 1.